The van der Waals surface area contributed by atoms with Gasteiger partial charge in [-0.3, -0.25) is 9.10 Å². The first-order chi connectivity index (χ1) is 13.3. The monoisotopic (exact) mass is 414 g/mol. The zero-order chi connectivity index (χ0) is 20.3. The van der Waals surface area contributed by atoms with E-state index in [0.29, 0.717) is 16.4 Å². The quantitative estimate of drug-likeness (QED) is 0.656. The van der Waals surface area contributed by atoms with Crippen molar-refractivity contribution in [1.82, 2.24) is 0 Å². The van der Waals surface area contributed by atoms with Crippen molar-refractivity contribution in [3.05, 3.63) is 88.9 Å². The molecule has 3 rings (SSSR count). The van der Waals surface area contributed by atoms with Crippen molar-refractivity contribution in [2.75, 3.05) is 16.7 Å². The van der Waals surface area contributed by atoms with Gasteiger partial charge in [0.2, 0.25) is 0 Å². The summed E-state index contributed by atoms with van der Waals surface area (Å²) in [6, 6.07) is 19.8. The summed E-state index contributed by atoms with van der Waals surface area (Å²) < 4.78 is 27.1. The summed E-state index contributed by atoms with van der Waals surface area (Å²) in [6.45, 7) is 1.93. The van der Waals surface area contributed by atoms with Crippen molar-refractivity contribution >= 4 is 38.9 Å². The summed E-state index contributed by atoms with van der Waals surface area (Å²) in [7, 11) is -2.32. The molecule has 3 aromatic rings. The summed E-state index contributed by atoms with van der Waals surface area (Å²) in [5.41, 5.74) is 2.34. The van der Waals surface area contributed by atoms with Gasteiger partial charge in [0.25, 0.3) is 15.9 Å². The topological polar surface area (TPSA) is 66.5 Å². The predicted octanol–water partition coefficient (Wildman–Crippen LogP) is 4.73. The van der Waals surface area contributed by atoms with Gasteiger partial charge in [-0.25, -0.2) is 8.42 Å². The van der Waals surface area contributed by atoms with Gasteiger partial charge in [0.05, 0.1) is 10.6 Å². The van der Waals surface area contributed by atoms with E-state index in [0.717, 1.165) is 5.56 Å². The number of hydrogen-bond acceptors (Lipinski definition) is 3. The van der Waals surface area contributed by atoms with E-state index in [9.17, 15) is 13.2 Å². The van der Waals surface area contributed by atoms with Gasteiger partial charge >= 0.3 is 0 Å². The van der Waals surface area contributed by atoms with Gasteiger partial charge in [-0.2, -0.15) is 0 Å². The van der Waals surface area contributed by atoms with Crippen LogP contribution in [0.25, 0.3) is 0 Å². The van der Waals surface area contributed by atoms with Crippen LogP contribution in [0.2, 0.25) is 5.02 Å². The number of sulfonamides is 1. The maximum Gasteiger partial charge on any atom is 0.264 e. The van der Waals surface area contributed by atoms with E-state index in [4.69, 9.17) is 11.6 Å². The lowest BCUT2D eigenvalue weighted by atomic mass is 10.2. The minimum absolute atomic E-state index is 0.0364. The number of anilines is 2. The molecule has 0 aliphatic heterocycles. The first-order valence-electron chi connectivity index (χ1n) is 8.50. The molecule has 0 heterocycles. The third kappa shape index (κ3) is 4.35. The highest BCUT2D eigenvalue weighted by molar-refractivity contribution is 7.92. The zero-order valence-corrected chi connectivity index (χ0v) is 17.0. The molecule has 0 aromatic heterocycles. The number of carbonyl (C=O) groups is 1. The number of rotatable bonds is 5. The molecule has 0 aliphatic carbocycles. The molecule has 0 saturated carbocycles. The standard InChI is InChI=1S/C21H19ClN2O3S/c1-15-9-11-19(12-10-15)24(2)28(26,27)20-8-3-5-16(13-20)21(25)23-18-7-4-6-17(22)14-18/h3-14H,1-2H3,(H,23,25). The molecular weight excluding hydrogens is 396 g/mol. The first kappa shape index (κ1) is 19.9. The second-order valence-electron chi connectivity index (χ2n) is 6.30. The molecule has 3 aromatic carbocycles. The van der Waals surface area contributed by atoms with Crippen LogP contribution in [0.1, 0.15) is 15.9 Å². The van der Waals surface area contributed by atoms with Crippen molar-refractivity contribution in [3.63, 3.8) is 0 Å². The number of hydrogen-bond donors (Lipinski definition) is 1. The summed E-state index contributed by atoms with van der Waals surface area (Å²) >= 11 is 5.93. The molecule has 0 unspecified atom stereocenters. The molecule has 0 bridgehead atoms. The van der Waals surface area contributed by atoms with E-state index in [-0.39, 0.29) is 10.5 Å². The van der Waals surface area contributed by atoms with Crippen LogP contribution < -0.4 is 9.62 Å². The lowest BCUT2D eigenvalue weighted by Crippen LogP contribution is -2.26. The van der Waals surface area contributed by atoms with Gasteiger partial charge in [-0.1, -0.05) is 41.4 Å². The Bertz CT molecular complexity index is 1110. The number of amides is 1. The fourth-order valence-electron chi connectivity index (χ4n) is 2.62. The van der Waals surface area contributed by atoms with Crippen molar-refractivity contribution in [2.24, 2.45) is 0 Å². The molecule has 0 aliphatic rings. The number of aryl methyl sites for hydroxylation is 1. The smallest absolute Gasteiger partial charge is 0.264 e. The second-order valence-corrected chi connectivity index (χ2v) is 8.71. The van der Waals surface area contributed by atoms with E-state index in [1.165, 1.54) is 23.5 Å². The van der Waals surface area contributed by atoms with Crippen LogP contribution in [-0.2, 0) is 10.0 Å². The Morgan fingerprint density at radius 3 is 2.32 bits per heavy atom. The van der Waals surface area contributed by atoms with Crippen LogP contribution in [-0.4, -0.2) is 21.4 Å². The third-order valence-corrected chi connectivity index (χ3v) is 6.25. The minimum atomic E-state index is -3.81. The predicted molar refractivity (Wildman–Crippen MR) is 113 cm³/mol. The molecule has 1 N–H and O–H groups in total. The Morgan fingerprint density at radius 2 is 1.64 bits per heavy atom. The van der Waals surface area contributed by atoms with E-state index >= 15 is 0 Å². The number of halogens is 1. The lowest BCUT2D eigenvalue weighted by molar-refractivity contribution is 0.102. The van der Waals surface area contributed by atoms with Crippen LogP contribution in [0.15, 0.2) is 77.7 Å². The van der Waals surface area contributed by atoms with E-state index in [1.54, 1.807) is 48.5 Å². The number of nitrogens with one attached hydrogen (secondary N) is 1. The SMILES string of the molecule is Cc1ccc(N(C)S(=O)(=O)c2cccc(C(=O)Nc3cccc(Cl)c3)c2)cc1. The molecule has 0 fully saturated rings. The maximum atomic E-state index is 13.0. The molecular formula is C21H19ClN2O3S. The summed E-state index contributed by atoms with van der Waals surface area (Å²) in [5, 5.41) is 3.21. The maximum absolute atomic E-state index is 13.0. The zero-order valence-electron chi connectivity index (χ0n) is 15.4. The molecule has 0 saturated heterocycles. The molecule has 1 amide bonds. The van der Waals surface area contributed by atoms with Crippen LogP contribution in [0.4, 0.5) is 11.4 Å². The Kier molecular flexibility index (Phi) is 5.72. The minimum Gasteiger partial charge on any atom is -0.322 e. The van der Waals surface area contributed by atoms with Gasteiger partial charge in [0, 0.05) is 23.3 Å². The number of nitrogens with zero attached hydrogens (tertiary/aromatic N) is 1. The molecule has 0 radical (unpaired) electrons. The van der Waals surface area contributed by atoms with Crippen molar-refractivity contribution in [3.8, 4) is 0 Å². The molecule has 28 heavy (non-hydrogen) atoms. The molecule has 5 nitrogen and oxygen atoms in total. The molecule has 7 heteroatoms. The summed E-state index contributed by atoms with van der Waals surface area (Å²) in [6.07, 6.45) is 0. The van der Waals surface area contributed by atoms with Crippen LogP contribution in [0.5, 0.6) is 0 Å². The van der Waals surface area contributed by atoms with Crippen molar-refractivity contribution < 1.29 is 13.2 Å². The third-order valence-electron chi connectivity index (χ3n) is 4.23. The Labute approximate surface area is 169 Å². The van der Waals surface area contributed by atoms with Crippen LogP contribution >= 0.6 is 11.6 Å². The fraction of sp³-hybridized carbons (Fsp3) is 0.0952. The fourth-order valence-corrected chi connectivity index (χ4v) is 4.05. The van der Waals surface area contributed by atoms with Crippen molar-refractivity contribution in [2.45, 2.75) is 11.8 Å². The Hall–Kier alpha value is -2.83. The molecule has 144 valence electrons. The van der Waals surface area contributed by atoms with E-state index in [1.807, 2.05) is 19.1 Å². The van der Waals surface area contributed by atoms with E-state index < -0.39 is 15.9 Å². The largest absolute Gasteiger partial charge is 0.322 e. The number of carbonyl (C=O) groups excluding carboxylic acids is 1. The van der Waals surface area contributed by atoms with Gasteiger partial charge in [-0.05, 0) is 55.5 Å². The average Bonchev–Trinajstić information content (AvgIpc) is 2.68. The number of benzene rings is 3. The van der Waals surface area contributed by atoms with Gasteiger partial charge in [-0.15, -0.1) is 0 Å². The molecule has 0 atom stereocenters. The Balaban J connectivity index is 1.87. The van der Waals surface area contributed by atoms with Crippen LogP contribution in [0, 0.1) is 6.92 Å². The highest BCUT2D eigenvalue weighted by Crippen LogP contribution is 2.23. The highest BCUT2D eigenvalue weighted by atomic mass is 35.5. The van der Waals surface area contributed by atoms with E-state index in [2.05, 4.69) is 5.32 Å². The second kappa shape index (κ2) is 8.04. The van der Waals surface area contributed by atoms with Crippen molar-refractivity contribution in [1.29, 1.82) is 0 Å². The first-order valence-corrected chi connectivity index (χ1v) is 10.3. The van der Waals surface area contributed by atoms with Gasteiger partial charge in [0.15, 0.2) is 0 Å². The lowest BCUT2D eigenvalue weighted by Gasteiger charge is -2.20. The Morgan fingerprint density at radius 1 is 0.964 bits per heavy atom. The average molecular weight is 415 g/mol. The van der Waals surface area contributed by atoms with Gasteiger partial charge in [0.1, 0.15) is 0 Å². The highest BCUT2D eigenvalue weighted by Gasteiger charge is 2.22. The summed E-state index contributed by atoms with van der Waals surface area (Å²) in [5.74, 6) is -0.419. The summed E-state index contributed by atoms with van der Waals surface area (Å²) in [4.78, 5) is 12.6. The molecule has 0 spiro atoms. The van der Waals surface area contributed by atoms with Gasteiger partial charge < -0.3 is 5.32 Å². The normalized spacial score (nSPS) is 11.1. The van der Waals surface area contributed by atoms with Crippen LogP contribution in [0.3, 0.4) is 0 Å².